The summed E-state index contributed by atoms with van der Waals surface area (Å²) in [6.07, 6.45) is 11.1. The van der Waals surface area contributed by atoms with Crippen molar-refractivity contribution in [2.45, 2.75) is 132 Å². The lowest BCUT2D eigenvalue weighted by atomic mass is 9.96. The Bertz CT molecular complexity index is 4730. The van der Waals surface area contributed by atoms with Crippen LogP contribution in [-0.4, -0.2) is 79.0 Å². The normalized spacial score (nSPS) is 14.4. The quantitative estimate of drug-likeness (QED) is 0.103. The summed E-state index contributed by atoms with van der Waals surface area (Å²) < 4.78 is 18.0. The van der Waals surface area contributed by atoms with Gasteiger partial charge in [-0.05, 0) is 155 Å². The first kappa shape index (κ1) is 65.6. The summed E-state index contributed by atoms with van der Waals surface area (Å²) in [4.78, 5) is 76.0. The molecule has 14 nitrogen and oxygen atoms in total. The Balaban J connectivity index is 0.000000114. The molecule has 0 fully saturated rings. The van der Waals surface area contributed by atoms with Gasteiger partial charge in [0.05, 0.1) is 40.9 Å². The van der Waals surface area contributed by atoms with Crippen molar-refractivity contribution in [3.63, 3.8) is 0 Å². The number of nitrogens with one attached hydrogen (secondary N) is 4. The summed E-state index contributed by atoms with van der Waals surface area (Å²) in [5, 5.41) is 19.7. The summed E-state index contributed by atoms with van der Waals surface area (Å²) >= 11 is 13.5. The third kappa shape index (κ3) is 14.3. The number of benzene rings is 4. The third-order valence-electron chi connectivity index (χ3n) is 17.0. The molecule has 2 aliphatic carbocycles. The number of hydrogen-bond acceptors (Lipinski definition) is 18. The topological polar surface area (TPSA) is 174 Å². The molecule has 0 radical (unpaired) electrons. The zero-order chi connectivity index (χ0) is 65.3. The predicted octanol–water partition coefficient (Wildman–Crippen LogP) is 19.0. The second kappa shape index (κ2) is 28.7. The molecule has 94 heavy (non-hydrogen) atoms. The lowest BCUT2D eigenvalue weighted by Crippen LogP contribution is -2.35. The Morgan fingerprint density at radius 1 is 0.436 bits per heavy atom. The van der Waals surface area contributed by atoms with Gasteiger partial charge in [-0.3, -0.25) is 29.0 Å². The van der Waals surface area contributed by atoms with Crippen LogP contribution in [0.5, 0.6) is 0 Å². The van der Waals surface area contributed by atoms with Crippen molar-refractivity contribution in [1.82, 2.24) is 29.7 Å². The maximum Gasteiger partial charge on any atom is 0.221 e. The number of thiophene rings is 4. The van der Waals surface area contributed by atoms with E-state index in [-0.39, 0.29) is 29.4 Å². The minimum atomic E-state index is -0.274. The number of nitrogens with zero attached hydrogens (tertiary/aromatic N) is 6. The molecule has 10 heterocycles. The fraction of sp³-hybridized carbons (Fsp3) is 0.324. The van der Waals surface area contributed by atoms with Crippen LogP contribution in [0.15, 0.2) is 91.0 Å². The number of halogens is 1. The number of fused-ring (bicyclic) bond motifs is 8. The van der Waals surface area contributed by atoms with Crippen LogP contribution in [0.25, 0.3) is 83.2 Å². The largest absolute Gasteiger partial charge is 0.317 e. The molecule has 4 aromatic carbocycles. The lowest BCUT2D eigenvalue weighted by molar-refractivity contribution is -0.115. The zero-order valence-corrected chi connectivity index (χ0v) is 59.8. The molecule has 2 aliphatic heterocycles. The van der Waals surface area contributed by atoms with Crippen LogP contribution in [-0.2, 0) is 70.8 Å². The highest BCUT2D eigenvalue weighted by atomic mass is 32.1. The van der Waals surface area contributed by atoms with Crippen LogP contribution in [0, 0.1) is 5.82 Å². The second-order valence-electron chi connectivity index (χ2n) is 24.0. The van der Waals surface area contributed by atoms with Gasteiger partial charge in [-0.1, -0.05) is 43.3 Å². The molecule has 0 spiro atoms. The number of anilines is 4. The van der Waals surface area contributed by atoms with Crippen LogP contribution in [0.4, 0.5) is 24.4 Å². The van der Waals surface area contributed by atoms with E-state index in [0.717, 1.165) is 161 Å². The number of thiazole rings is 4. The van der Waals surface area contributed by atoms with Gasteiger partial charge in [-0.25, -0.2) is 24.3 Å². The number of aryl methyl sites for hydroxylation is 2. The fourth-order valence-corrected chi connectivity index (χ4v) is 22.3. The van der Waals surface area contributed by atoms with E-state index in [1.807, 2.05) is 54.6 Å². The van der Waals surface area contributed by atoms with Crippen LogP contribution < -0.4 is 21.3 Å². The van der Waals surface area contributed by atoms with Gasteiger partial charge >= 0.3 is 0 Å². The first-order chi connectivity index (χ1) is 45.5. The number of likely N-dealkylation sites (N-methyl/N-ethyl adjacent to an activating group) is 1. The van der Waals surface area contributed by atoms with E-state index in [4.69, 9.17) is 15.0 Å². The highest BCUT2D eigenvalue weighted by Crippen LogP contribution is 2.50. The average molecular weight is 1400 g/mol. The first-order valence-electron chi connectivity index (χ1n) is 31.8. The number of carbonyl (C=O) groups excluding carboxylic acids is 4. The Labute approximate surface area is 577 Å². The number of carbonyl (C=O) groups is 4. The molecule has 16 rings (SSSR count). The highest BCUT2D eigenvalue weighted by Gasteiger charge is 2.31. The Kier molecular flexibility index (Phi) is 20.1. The second-order valence-corrected chi connectivity index (χ2v) is 32.5. The van der Waals surface area contributed by atoms with Crippen molar-refractivity contribution in [3.8, 4) is 42.3 Å². The molecule has 0 atom stereocenters. The van der Waals surface area contributed by atoms with E-state index in [2.05, 4.69) is 75.0 Å². The summed E-state index contributed by atoms with van der Waals surface area (Å²) in [6, 6.07) is 29.9. The molecule has 0 bridgehead atoms. The van der Waals surface area contributed by atoms with Crippen molar-refractivity contribution >= 4 is 175 Å². The first-order valence-corrected chi connectivity index (χ1v) is 38.3. The summed E-state index contributed by atoms with van der Waals surface area (Å²) in [6.45, 7) is 18.0. The summed E-state index contributed by atoms with van der Waals surface area (Å²) in [5.74, 6) is -0.410. The van der Waals surface area contributed by atoms with Crippen molar-refractivity contribution in [2.75, 3.05) is 40.9 Å². The van der Waals surface area contributed by atoms with E-state index in [0.29, 0.717) is 11.6 Å². The minimum Gasteiger partial charge on any atom is -0.317 e. The number of rotatable bonds is 10. The van der Waals surface area contributed by atoms with Crippen LogP contribution >= 0.6 is 90.7 Å². The Morgan fingerprint density at radius 2 is 0.787 bits per heavy atom. The molecular weight excluding hydrogens is 1330 g/mol. The van der Waals surface area contributed by atoms with Crippen LogP contribution in [0.3, 0.4) is 0 Å². The number of aromatic nitrogens is 4. The van der Waals surface area contributed by atoms with E-state index < -0.39 is 0 Å². The number of para-hydroxylation sites is 3. The van der Waals surface area contributed by atoms with Gasteiger partial charge in [0, 0.05) is 108 Å². The van der Waals surface area contributed by atoms with E-state index in [1.54, 1.807) is 118 Å². The van der Waals surface area contributed by atoms with Crippen LogP contribution in [0.1, 0.15) is 116 Å². The zero-order valence-electron chi connectivity index (χ0n) is 53.3. The molecule has 4 amide bonds. The molecule has 8 aromatic heterocycles. The molecule has 4 aliphatic rings. The maximum atomic E-state index is 13.4. The van der Waals surface area contributed by atoms with E-state index in [9.17, 15) is 23.6 Å². The van der Waals surface area contributed by atoms with E-state index >= 15 is 0 Å². The average Bonchev–Trinajstić information content (AvgIpc) is 1.64. The number of amides is 4. The molecule has 23 heteroatoms. The molecule has 0 saturated carbocycles. The SMILES string of the molecule is CC(=O)Nc1sc2c(c1-c1nc3cc(F)ccc3s1)CCCC2.CC(=O)Nc1sc2c(c1-c1nc3ccccc3s1)CCCC2.CC(=O)Nc1sc2c(c1-c1nc3ccccc3s1)CCN(C(C)C)C2.CCN1CCc2c(sc(NC(C)=O)c2-c2nc3ccccc3s2)C1. The molecular formula is C71H71FN10O4S8. The Morgan fingerprint density at radius 3 is 1.18 bits per heavy atom. The molecule has 4 N–H and O–H groups in total. The third-order valence-corrected chi connectivity index (χ3v) is 25.9. The van der Waals surface area contributed by atoms with Crippen molar-refractivity contribution in [1.29, 1.82) is 0 Å². The van der Waals surface area contributed by atoms with Gasteiger partial charge in [0.2, 0.25) is 23.6 Å². The maximum absolute atomic E-state index is 13.4. The van der Waals surface area contributed by atoms with Gasteiger partial charge < -0.3 is 21.3 Å². The lowest BCUT2D eigenvalue weighted by Gasteiger charge is -2.30. The van der Waals surface area contributed by atoms with Gasteiger partial charge in [-0.2, -0.15) is 0 Å². The Hall–Kier alpha value is -7.03. The standard InChI is InChI=1S/C19H21N3OS2.C18H19N3OS2.C17H15FN2OS2.C17H16N2OS2/c1-11(2)22-9-8-13-16(10-22)25-18(20-12(3)23)17(13)19-21-14-6-4-5-7-15(14)24-19;1-3-21-9-8-12-15(10-21)24-17(19-11(2)22)16(12)18-20-13-6-4-5-7-14(13)23-18;1-9(21)19-16-15(11-4-2-3-5-13(11)22-16)17-20-12-8-10(18)6-7-14(12)23-17;1-10(20)18-16-15(11-6-2-4-8-13(11)21-16)17-19-12-7-3-5-9-14(12)22-17/h4-7,11H,8-10H2,1-3H3,(H,20,23);4-7H,3,8-10H2,1-2H3,(H,19,22);6-8H,2-5H2,1H3,(H,19,21);3,5,7,9H,2,4,6,8H2,1H3,(H,18,20). The minimum absolute atomic E-state index is 0.0130. The van der Waals surface area contributed by atoms with Crippen molar-refractivity contribution in [2.24, 2.45) is 0 Å². The molecule has 484 valence electrons. The van der Waals surface area contributed by atoms with Gasteiger partial charge in [-0.15, -0.1) is 90.7 Å². The van der Waals surface area contributed by atoms with Crippen molar-refractivity contribution < 1.29 is 23.6 Å². The summed E-state index contributed by atoms with van der Waals surface area (Å²) in [5.41, 5.74) is 13.7. The highest BCUT2D eigenvalue weighted by molar-refractivity contribution is 7.24. The van der Waals surface area contributed by atoms with Crippen LogP contribution in [0.2, 0.25) is 0 Å². The monoisotopic (exact) mass is 1400 g/mol. The molecule has 0 unspecified atom stereocenters. The summed E-state index contributed by atoms with van der Waals surface area (Å²) in [7, 11) is 0. The smallest absolute Gasteiger partial charge is 0.221 e. The number of hydrogen-bond donors (Lipinski definition) is 4. The van der Waals surface area contributed by atoms with Crippen molar-refractivity contribution in [3.05, 3.63) is 139 Å². The van der Waals surface area contributed by atoms with Gasteiger partial charge in [0.1, 0.15) is 45.9 Å². The fourth-order valence-electron chi connectivity index (χ4n) is 12.6. The van der Waals surface area contributed by atoms with Gasteiger partial charge in [0.25, 0.3) is 0 Å². The van der Waals surface area contributed by atoms with E-state index in [1.165, 1.54) is 94.2 Å². The van der Waals surface area contributed by atoms with Gasteiger partial charge in [0.15, 0.2) is 0 Å². The predicted molar refractivity (Wildman–Crippen MR) is 396 cm³/mol. The molecule has 0 saturated heterocycles. The molecule has 12 aromatic rings.